The first-order valence-corrected chi connectivity index (χ1v) is 5.10. The molecule has 2 nitrogen and oxygen atoms in total. The smallest absolute Gasteiger partial charge is 0.416 e. The average molecular weight is 251 g/mol. The summed E-state index contributed by atoms with van der Waals surface area (Å²) < 4.78 is 42.4. The van der Waals surface area contributed by atoms with Gasteiger partial charge in [0, 0.05) is 11.6 Å². The van der Waals surface area contributed by atoms with Gasteiger partial charge in [0.2, 0.25) is 0 Å². The number of nitriles is 1. The van der Waals surface area contributed by atoms with Crippen LogP contribution in [0.2, 0.25) is 0 Å². The van der Waals surface area contributed by atoms with Gasteiger partial charge in [0.1, 0.15) is 17.6 Å². The molecule has 0 aliphatic carbocycles. The van der Waals surface area contributed by atoms with E-state index in [9.17, 15) is 13.2 Å². The molecule has 0 atom stereocenters. The maximum absolute atomic E-state index is 12.4. The molecule has 0 N–H and O–H groups in total. The molecule has 1 heterocycles. The van der Waals surface area contributed by atoms with Crippen LogP contribution in [0.1, 0.15) is 16.9 Å². The third kappa shape index (κ3) is 2.23. The average Bonchev–Trinajstić information content (AvgIpc) is 2.69. The van der Waals surface area contributed by atoms with E-state index < -0.39 is 11.7 Å². The first kappa shape index (κ1) is 12.2. The van der Waals surface area contributed by atoms with Crippen molar-refractivity contribution >= 4 is 0 Å². The van der Waals surface area contributed by atoms with Crippen LogP contribution in [0.25, 0.3) is 11.3 Å². The molecular weight excluding hydrogens is 243 g/mol. The van der Waals surface area contributed by atoms with Gasteiger partial charge in [-0.05, 0) is 19.1 Å². The van der Waals surface area contributed by atoms with Gasteiger partial charge in [-0.25, -0.2) is 0 Å². The fraction of sp³-hybridized carbons (Fsp3) is 0.154. The number of aryl methyl sites for hydroxylation is 1. The molecule has 0 amide bonds. The minimum Gasteiger partial charge on any atom is -0.460 e. The van der Waals surface area contributed by atoms with Crippen molar-refractivity contribution in [3.63, 3.8) is 0 Å². The number of hydrogen-bond acceptors (Lipinski definition) is 2. The Hall–Kier alpha value is -2.22. The van der Waals surface area contributed by atoms with Crippen LogP contribution in [-0.2, 0) is 6.18 Å². The number of nitrogens with zero attached hydrogens (tertiary/aromatic N) is 1. The van der Waals surface area contributed by atoms with E-state index in [2.05, 4.69) is 0 Å². The normalized spacial score (nSPS) is 11.3. The number of benzene rings is 1. The number of hydrogen-bond donors (Lipinski definition) is 0. The Morgan fingerprint density at radius 1 is 1.17 bits per heavy atom. The molecule has 0 radical (unpaired) electrons. The topological polar surface area (TPSA) is 36.9 Å². The van der Waals surface area contributed by atoms with E-state index in [1.54, 1.807) is 6.92 Å². The Balaban J connectivity index is 2.38. The second-order valence-corrected chi connectivity index (χ2v) is 3.77. The van der Waals surface area contributed by atoms with E-state index in [0.29, 0.717) is 22.6 Å². The summed E-state index contributed by atoms with van der Waals surface area (Å²) in [5, 5.41) is 8.77. The SMILES string of the molecule is Cc1oc(-c2ccc(C(F)(F)F)cc2)cc1C#N. The summed E-state index contributed by atoms with van der Waals surface area (Å²) in [6.45, 7) is 1.63. The summed E-state index contributed by atoms with van der Waals surface area (Å²) in [5.41, 5.74) is 0.174. The van der Waals surface area contributed by atoms with Crippen molar-refractivity contribution < 1.29 is 17.6 Å². The molecule has 2 aromatic rings. The highest BCUT2D eigenvalue weighted by Crippen LogP contribution is 2.31. The van der Waals surface area contributed by atoms with E-state index >= 15 is 0 Å². The Bertz CT molecular complexity index is 603. The molecule has 2 rings (SSSR count). The largest absolute Gasteiger partial charge is 0.460 e. The molecule has 0 unspecified atom stereocenters. The van der Waals surface area contributed by atoms with Crippen molar-refractivity contribution in [2.75, 3.05) is 0 Å². The molecule has 0 saturated carbocycles. The summed E-state index contributed by atoms with van der Waals surface area (Å²) in [6, 6.07) is 8.07. The number of rotatable bonds is 1. The minimum atomic E-state index is -4.35. The molecule has 92 valence electrons. The number of alkyl halides is 3. The Morgan fingerprint density at radius 2 is 1.78 bits per heavy atom. The Kier molecular flexibility index (Phi) is 2.87. The highest BCUT2D eigenvalue weighted by molar-refractivity contribution is 5.60. The van der Waals surface area contributed by atoms with Crippen molar-refractivity contribution in [3.8, 4) is 17.4 Å². The lowest BCUT2D eigenvalue weighted by Gasteiger charge is -2.06. The van der Waals surface area contributed by atoms with Crippen LogP contribution in [0.3, 0.4) is 0 Å². The molecule has 1 aromatic heterocycles. The Labute approximate surface area is 101 Å². The van der Waals surface area contributed by atoms with Crippen molar-refractivity contribution in [1.82, 2.24) is 0 Å². The maximum Gasteiger partial charge on any atom is 0.416 e. The summed E-state index contributed by atoms with van der Waals surface area (Å²) >= 11 is 0. The predicted octanol–water partition coefficient (Wildman–Crippen LogP) is 4.15. The van der Waals surface area contributed by atoms with Crippen molar-refractivity contribution in [2.24, 2.45) is 0 Å². The van der Waals surface area contributed by atoms with Gasteiger partial charge in [0.05, 0.1) is 11.1 Å². The van der Waals surface area contributed by atoms with Gasteiger partial charge in [-0.3, -0.25) is 0 Å². The molecule has 0 saturated heterocycles. The zero-order valence-electron chi connectivity index (χ0n) is 9.38. The summed E-state index contributed by atoms with van der Waals surface area (Å²) in [7, 11) is 0. The van der Waals surface area contributed by atoms with E-state index in [4.69, 9.17) is 9.68 Å². The van der Waals surface area contributed by atoms with Gasteiger partial charge in [0.15, 0.2) is 0 Å². The van der Waals surface area contributed by atoms with Crippen LogP contribution in [0.4, 0.5) is 13.2 Å². The second-order valence-electron chi connectivity index (χ2n) is 3.77. The lowest BCUT2D eigenvalue weighted by atomic mass is 10.1. The summed E-state index contributed by atoms with van der Waals surface area (Å²) in [5.74, 6) is 0.838. The first-order valence-electron chi connectivity index (χ1n) is 5.10. The van der Waals surface area contributed by atoms with Crippen LogP contribution in [0.5, 0.6) is 0 Å². The molecule has 0 aliphatic heterocycles. The van der Waals surface area contributed by atoms with Crippen LogP contribution in [0, 0.1) is 18.3 Å². The van der Waals surface area contributed by atoms with Gasteiger partial charge >= 0.3 is 6.18 Å². The van der Waals surface area contributed by atoms with E-state index in [1.807, 2.05) is 6.07 Å². The molecule has 0 aliphatic rings. The zero-order chi connectivity index (χ0) is 13.3. The minimum absolute atomic E-state index is 0.380. The lowest BCUT2D eigenvalue weighted by Crippen LogP contribution is -2.03. The maximum atomic E-state index is 12.4. The van der Waals surface area contributed by atoms with Crippen LogP contribution in [-0.4, -0.2) is 0 Å². The summed E-state index contributed by atoms with van der Waals surface area (Å²) in [4.78, 5) is 0. The van der Waals surface area contributed by atoms with Crippen LogP contribution in [0.15, 0.2) is 34.7 Å². The third-order valence-corrected chi connectivity index (χ3v) is 2.53. The second kappa shape index (κ2) is 4.22. The van der Waals surface area contributed by atoms with Crippen LogP contribution >= 0.6 is 0 Å². The standard InChI is InChI=1S/C13H8F3NO/c1-8-10(7-17)6-12(18-8)9-2-4-11(5-3-9)13(14,15)16/h2-6H,1H3. The quantitative estimate of drug-likeness (QED) is 0.763. The van der Waals surface area contributed by atoms with E-state index in [1.165, 1.54) is 18.2 Å². The summed E-state index contributed by atoms with van der Waals surface area (Å²) in [6.07, 6.45) is -4.35. The molecule has 0 fully saturated rings. The highest BCUT2D eigenvalue weighted by Gasteiger charge is 2.30. The Morgan fingerprint density at radius 3 is 2.22 bits per heavy atom. The predicted molar refractivity (Wildman–Crippen MR) is 58.6 cm³/mol. The molecule has 5 heteroatoms. The molecule has 18 heavy (non-hydrogen) atoms. The van der Waals surface area contributed by atoms with Gasteiger partial charge in [0.25, 0.3) is 0 Å². The highest BCUT2D eigenvalue weighted by atomic mass is 19.4. The third-order valence-electron chi connectivity index (χ3n) is 2.53. The van der Waals surface area contributed by atoms with Gasteiger partial charge in [-0.1, -0.05) is 12.1 Å². The lowest BCUT2D eigenvalue weighted by molar-refractivity contribution is -0.137. The van der Waals surface area contributed by atoms with Gasteiger partial charge in [-0.15, -0.1) is 0 Å². The molecule has 0 spiro atoms. The first-order chi connectivity index (χ1) is 8.41. The monoisotopic (exact) mass is 251 g/mol. The van der Waals surface area contributed by atoms with Crippen LogP contribution < -0.4 is 0 Å². The van der Waals surface area contributed by atoms with E-state index in [-0.39, 0.29) is 0 Å². The van der Waals surface area contributed by atoms with Crippen molar-refractivity contribution in [2.45, 2.75) is 13.1 Å². The van der Waals surface area contributed by atoms with Crippen molar-refractivity contribution in [3.05, 3.63) is 47.2 Å². The number of halogens is 3. The van der Waals surface area contributed by atoms with Gasteiger partial charge in [-0.2, -0.15) is 18.4 Å². The fourth-order valence-electron chi connectivity index (χ4n) is 1.56. The zero-order valence-corrected chi connectivity index (χ0v) is 9.38. The van der Waals surface area contributed by atoms with E-state index in [0.717, 1.165) is 12.1 Å². The molecule has 1 aromatic carbocycles. The molecular formula is C13H8F3NO. The number of furan rings is 1. The fourth-order valence-corrected chi connectivity index (χ4v) is 1.56. The van der Waals surface area contributed by atoms with Crippen molar-refractivity contribution in [1.29, 1.82) is 5.26 Å². The molecule has 0 bridgehead atoms. The van der Waals surface area contributed by atoms with Gasteiger partial charge < -0.3 is 4.42 Å².